The Labute approximate surface area is 177 Å². The Bertz CT molecular complexity index is 769. The molecule has 2 aliphatic rings. The molecule has 162 valence electrons. The van der Waals surface area contributed by atoms with Gasteiger partial charge in [-0.25, -0.2) is 13.2 Å². The van der Waals surface area contributed by atoms with Gasteiger partial charge in [-0.2, -0.15) is 4.31 Å². The molecule has 2 aliphatic heterocycles. The molecule has 29 heavy (non-hydrogen) atoms. The molecule has 1 aromatic carbocycles. The Balaban J connectivity index is 1.50. The number of hydrogen-bond acceptors (Lipinski definition) is 6. The summed E-state index contributed by atoms with van der Waals surface area (Å²) in [7, 11) is -3.66. The second-order valence-electron chi connectivity index (χ2n) is 7.20. The molecule has 3 rings (SSSR count). The molecule has 0 aromatic heterocycles. The molecule has 8 nitrogen and oxygen atoms in total. The third-order valence-electron chi connectivity index (χ3n) is 5.20. The van der Waals surface area contributed by atoms with Crippen molar-refractivity contribution in [2.24, 2.45) is 0 Å². The van der Waals surface area contributed by atoms with E-state index in [0.29, 0.717) is 37.7 Å². The summed E-state index contributed by atoms with van der Waals surface area (Å²) in [5, 5.41) is 3.22. The monoisotopic (exact) mass is 445 g/mol. The second-order valence-corrected chi connectivity index (χ2v) is 9.53. The van der Waals surface area contributed by atoms with E-state index in [4.69, 9.17) is 21.1 Å². The highest BCUT2D eigenvalue weighted by Gasteiger charge is 2.34. The lowest BCUT2D eigenvalue weighted by Gasteiger charge is -2.34. The fourth-order valence-electron chi connectivity index (χ4n) is 3.56. The number of rotatable bonds is 7. The molecule has 0 bridgehead atoms. The molecule has 2 fully saturated rings. The second kappa shape index (κ2) is 10.6. The van der Waals surface area contributed by atoms with E-state index in [1.807, 2.05) is 0 Å². The highest BCUT2D eigenvalue weighted by Crippen LogP contribution is 2.26. The third-order valence-corrected chi connectivity index (χ3v) is 7.42. The van der Waals surface area contributed by atoms with Crippen molar-refractivity contribution in [1.29, 1.82) is 0 Å². The van der Waals surface area contributed by atoms with Crippen LogP contribution in [-0.2, 0) is 19.5 Å². The summed E-state index contributed by atoms with van der Waals surface area (Å²) in [5.74, 6) is 0. The minimum Gasteiger partial charge on any atom is -0.448 e. The van der Waals surface area contributed by atoms with Crippen LogP contribution in [-0.4, -0.2) is 82.3 Å². The van der Waals surface area contributed by atoms with Crippen LogP contribution in [0, 0.1) is 0 Å². The van der Waals surface area contributed by atoms with Gasteiger partial charge in [-0.05, 0) is 37.1 Å². The molecule has 1 amide bonds. The number of morpholine rings is 1. The van der Waals surface area contributed by atoms with E-state index in [2.05, 4.69) is 10.2 Å². The first-order valence-electron chi connectivity index (χ1n) is 9.95. The molecular formula is C19H28ClN3O5S. The van der Waals surface area contributed by atoms with Crippen LogP contribution in [0.15, 0.2) is 29.2 Å². The fraction of sp³-hybridized carbons (Fsp3) is 0.632. The molecule has 0 unspecified atom stereocenters. The SMILES string of the molecule is O=C(NCCN1CCOCC1)OC[C@@H]1CCCCN1S(=O)(=O)c1ccc(Cl)cc1. The number of benzene rings is 1. The van der Waals surface area contributed by atoms with Gasteiger partial charge in [0.15, 0.2) is 0 Å². The van der Waals surface area contributed by atoms with Crippen molar-refractivity contribution in [3.05, 3.63) is 29.3 Å². The molecule has 0 aliphatic carbocycles. The van der Waals surface area contributed by atoms with Gasteiger partial charge in [0.1, 0.15) is 6.61 Å². The molecule has 1 aromatic rings. The van der Waals surface area contributed by atoms with Gasteiger partial charge in [0.25, 0.3) is 0 Å². The zero-order valence-electron chi connectivity index (χ0n) is 16.4. The van der Waals surface area contributed by atoms with Crippen molar-refractivity contribution >= 4 is 27.7 Å². The first-order chi connectivity index (χ1) is 14.0. The van der Waals surface area contributed by atoms with Crippen LogP contribution in [0.5, 0.6) is 0 Å². The van der Waals surface area contributed by atoms with E-state index in [1.165, 1.54) is 16.4 Å². The Morgan fingerprint density at radius 3 is 2.62 bits per heavy atom. The summed E-state index contributed by atoms with van der Waals surface area (Å²) in [5.41, 5.74) is 0. The number of carbonyl (C=O) groups is 1. The van der Waals surface area contributed by atoms with E-state index in [1.54, 1.807) is 12.1 Å². The number of ether oxygens (including phenoxy) is 2. The lowest BCUT2D eigenvalue weighted by Crippen LogP contribution is -2.47. The van der Waals surface area contributed by atoms with E-state index in [0.717, 1.165) is 32.5 Å². The van der Waals surface area contributed by atoms with Gasteiger partial charge in [-0.15, -0.1) is 0 Å². The normalized spacial score (nSPS) is 21.6. The topological polar surface area (TPSA) is 88.2 Å². The van der Waals surface area contributed by atoms with Crippen molar-refractivity contribution in [2.45, 2.75) is 30.2 Å². The standard InChI is InChI=1S/C19H28ClN3O5S/c20-16-4-6-18(7-5-16)29(25,26)23-9-2-1-3-17(23)15-28-19(24)21-8-10-22-11-13-27-14-12-22/h4-7,17H,1-3,8-15H2,(H,21,24)/t17-/m0/s1. The van der Waals surface area contributed by atoms with E-state index in [-0.39, 0.29) is 17.5 Å². The molecule has 2 saturated heterocycles. The summed E-state index contributed by atoms with van der Waals surface area (Å²) < 4.78 is 38.1. The third kappa shape index (κ3) is 6.29. The number of alkyl carbamates (subject to hydrolysis) is 1. The van der Waals surface area contributed by atoms with Gasteiger partial charge >= 0.3 is 6.09 Å². The van der Waals surface area contributed by atoms with Gasteiger partial charge in [-0.3, -0.25) is 4.90 Å². The Kier molecular flexibility index (Phi) is 8.14. The average molecular weight is 446 g/mol. The number of piperidine rings is 1. The molecule has 0 radical (unpaired) electrons. The van der Waals surface area contributed by atoms with Crippen LogP contribution in [0.25, 0.3) is 0 Å². The lowest BCUT2D eigenvalue weighted by molar-refractivity contribution is 0.0380. The first-order valence-corrected chi connectivity index (χ1v) is 11.8. The predicted octanol–water partition coefficient (Wildman–Crippen LogP) is 1.94. The summed E-state index contributed by atoms with van der Waals surface area (Å²) in [4.78, 5) is 14.4. The van der Waals surface area contributed by atoms with Crippen LogP contribution in [0.3, 0.4) is 0 Å². The molecule has 0 spiro atoms. The van der Waals surface area contributed by atoms with Crippen molar-refractivity contribution < 1.29 is 22.7 Å². The highest BCUT2D eigenvalue weighted by atomic mass is 35.5. The molecule has 1 N–H and O–H groups in total. The van der Waals surface area contributed by atoms with Crippen LogP contribution < -0.4 is 5.32 Å². The maximum Gasteiger partial charge on any atom is 0.407 e. The van der Waals surface area contributed by atoms with E-state index in [9.17, 15) is 13.2 Å². The predicted molar refractivity (Wildman–Crippen MR) is 110 cm³/mol. The number of nitrogens with zero attached hydrogens (tertiary/aromatic N) is 2. The Hall–Kier alpha value is -1.39. The molecule has 0 saturated carbocycles. The molecular weight excluding hydrogens is 418 g/mol. The number of amides is 1. The van der Waals surface area contributed by atoms with Crippen LogP contribution in [0.2, 0.25) is 5.02 Å². The number of nitrogens with one attached hydrogen (secondary N) is 1. The van der Waals surface area contributed by atoms with Gasteiger partial charge < -0.3 is 14.8 Å². The van der Waals surface area contributed by atoms with Crippen molar-refractivity contribution in [2.75, 3.05) is 52.5 Å². The van der Waals surface area contributed by atoms with Gasteiger partial charge in [0.2, 0.25) is 10.0 Å². The Morgan fingerprint density at radius 1 is 1.17 bits per heavy atom. The summed E-state index contributed by atoms with van der Waals surface area (Å²) >= 11 is 5.87. The smallest absolute Gasteiger partial charge is 0.407 e. The molecule has 10 heteroatoms. The van der Waals surface area contributed by atoms with Gasteiger partial charge in [0.05, 0.1) is 24.2 Å². The summed E-state index contributed by atoms with van der Waals surface area (Å²) in [6, 6.07) is 5.76. The minimum absolute atomic E-state index is 0.0379. The number of sulfonamides is 1. The van der Waals surface area contributed by atoms with Crippen molar-refractivity contribution in [1.82, 2.24) is 14.5 Å². The zero-order valence-corrected chi connectivity index (χ0v) is 18.0. The number of carbonyl (C=O) groups excluding carboxylic acids is 1. The fourth-order valence-corrected chi connectivity index (χ4v) is 5.37. The van der Waals surface area contributed by atoms with Gasteiger partial charge in [0, 0.05) is 37.7 Å². The molecule has 1 atom stereocenters. The minimum atomic E-state index is -3.66. The summed E-state index contributed by atoms with van der Waals surface area (Å²) in [6.45, 7) is 4.81. The van der Waals surface area contributed by atoms with Crippen molar-refractivity contribution in [3.8, 4) is 0 Å². The van der Waals surface area contributed by atoms with Crippen LogP contribution in [0.1, 0.15) is 19.3 Å². The van der Waals surface area contributed by atoms with Crippen molar-refractivity contribution in [3.63, 3.8) is 0 Å². The first kappa shape index (κ1) is 22.3. The van der Waals surface area contributed by atoms with Gasteiger partial charge in [-0.1, -0.05) is 18.0 Å². The van der Waals surface area contributed by atoms with E-state index < -0.39 is 16.1 Å². The highest BCUT2D eigenvalue weighted by molar-refractivity contribution is 7.89. The number of hydrogen-bond donors (Lipinski definition) is 1. The lowest BCUT2D eigenvalue weighted by atomic mass is 10.1. The zero-order chi connectivity index (χ0) is 20.7. The maximum atomic E-state index is 13.0. The maximum absolute atomic E-state index is 13.0. The number of halogens is 1. The van der Waals surface area contributed by atoms with Crippen LogP contribution >= 0.6 is 11.6 Å². The summed E-state index contributed by atoms with van der Waals surface area (Å²) in [6.07, 6.45) is 1.83. The largest absolute Gasteiger partial charge is 0.448 e. The van der Waals surface area contributed by atoms with Crippen LogP contribution in [0.4, 0.5) is 4.79 Å². The average Bonchev–Trinajstić information content (AvgIpc) is 2.73. The molecule has 2 heterocycles. The Morgan fingerprint density at radius 2 is 1.90 bits per heavy atom. The van der Waals surface area contributed by atoms with E-state index >= 15 is 0 Å². The quantitative estimate of drug-likeness (QED) is 0.690.